The van der Waals surface area contributed by atoms with Gasteiger partial charge in [-0.3, -0.25) is 4.98 Å². The number of nitrogens with zero attached hydrogens (tertiary/aromatic N) is 3. The van der Waals surface area contributed by atoms with Crippen molar-refractivity contribution in [1.82, 2.24) is 15.0 Å². The molecule has 2 aromatic rings. The Morgan fingerprint density at radius 2 is 2.15 bits per heavy atom. The molecule has 2 aromatic heterocycles. The molecule has 8 heteroatoms. The van der Waals surface area contributed by atoms with Gasteiger partial charge in [-0.25, -0.2) is 14.0 Å². The molecule has 7 nitrogen and oxygen atoms in total. The first-order chi connectivity index (χ1) is 9.49. The van der Waals surface area contributed by atoms with E-state index in [4.69, 9.17) is 9.52 Å². The number of aromatic nitrogens is 3. The summed E-state index contributed by atoms with van der Waals surface area (Å²) >= 11 is 0. The Bertz CT molecular complexity index is 685. The van der Waals surface area contributed by atoms with Gasteiger partial charge in [-0.15, -0.1) is 0 Å². The molecule has 0 aliphatic rings. The molecule has 0 radical (unpaired) electrons. The number of nitrogens with one attached hydrogen (secondary N) is 2. The van der Waals surface area contributed by atoms with Crippen LogP contribution in [-0.4, -0.2) is 32.5 Å². The molecule has 106 valence electrons. The molecule has 0 bridgehead atoms. The molecule has 0 saturated carbocycles. The van der Waals surface area contributed by atoms with Crippen LogP contribution >= 0.6 is 0 Å². The van der Waals surface area contributed by atoms with Crippen LogP contribution in [0.1, 0.15) is 5.56 Å². The highest BCUT2D eigenvalue weighted by Gasteiger charge is 2.04. The maximum absolute atomic E-state index is 11.5. The van der Waals surface area contributed by atoms with Crippen LogP contribution in [0.3, 0.4) is 0 Å². The fraction of sp³-hybridized carbons (Fsp3) is 0.250. The van der Waals surface area contributed by atoms with Gasteiger partial charge >= 0.3 is 0 Å². The number of methoxy groups -OCH3 is 1. The number of ether oxygens (including phenoxy) is 1. The largest absolute Gasteiger partial charge is 0.480 e. The zero-order chi connectivity index (χ0) is 14.6. The third-order valence-corrected chi connectivity index (χ3v) is 3.53. The van der Waals surface area contributed by atoms with Crippen molar-refractivity contribution in [3.8, 4) is 5.88 Å². The quantitative estimate of drug-likeness (QED) is 0.867. The lowest BCUT2D eigenvalue weighted by molar-refractivity contribution is 0.396. The monoisotopic (exact) mass is 293 g/mol. The Labute approximate surface area is 117 Å². The summed E-state index contributed by atoms with van der Waals surface area (Å²) in [5.41, 5.74) is 0.891. The summed E-state index contributed by atoms with van der Waals surface area (Å²) in [6, 6.07) is 3.38. The van der Waals surface area contributed by atoms with E-state index in [0.717, 1.165) is 5.56 Å². The van der Waals surface area contributed by atoms with Crippen molar-refractivity contribution in [2.75, 3.05) is 18.7 Å². The van der Waals surface area contributed by atoms with Gasteiger partial charge in [-0.2, -0.15) is 4.98 Å². The molecule has 2 heterocycles. The van der Waals surface area contributed by atoms with Crippen LogP contribution < -0.4 is 10.1 Å². The highest BCUT2D eigenvalue weighted by Crippen LogP contribution is 2.11. The summed E-state index contributed by atoms with van der Waals surface area (Å²) in [6.45, 7) is 0.498. The van der Waals surface area contributed by atoms with Crippen LogP contribution in [0, 0.1) is 4.78 Å². The number of rotatable bonds is 5. The standard InChI is InChI=1S/C12H15N5O2S/c1-19-11-8-14-7-10(17-11)15-5-9-3-4-12(16-6-9)20(2,13)18/h3-4,6-8,13H,5H2,1-2H3,(H,15,17). The summed E-state index contributed by atoms with van der Waals surface area (Å²) < 4.78 is 23.9. The summed E-state index contributed by atoms with van der Waals surface area (Å²) in [7, 11) is -1.24. The van der Waals surface area contributed by atoms with Crippen molar-refractivity contribution in [2.45, 2.75) is 11.6 Å². The van der Waals surface area contributed by atoms with Gasteiger partial charge in [0.2, 0.25) is 5.88 Å². The maximum Gasteiger partial charge on any atom is 0.233 e. The molecule has 0 amide bonds. The first-order valence-corrected chi connectivity index (χ1v) is 7.74. The van der Waals surface area contributed by atoms with E-state index in [9.17, 15) is 4.21 Å². The Morgan fingerprint density at radius 3 is 2.75 bits per heavy atom. The van der Waals surface area contributed by atoms with E-state index in [1.807, 2.05) is 0 Å². The Balaban J connectivity index is 2.04. The Hall–Kier alpha value is -2.22. The highest BCUT2D eigenvalue weighted by atomic mass is 32.2. The lowest BCUT2D eigenvalue weighted by Crippen LogP contribution is -2.04. The zero-order valence-corrected chi connectivity index (χ0v) is 12.0. The Morgan fingerprint density at radius 1 is 1.35 bits per heavy atom. The van der Waals surface area contributed by atoms with Crippen molar-refractivity contribution in [3.63, 3.8) is 0 Å². The van der Waals surface area contributed by atoms with Crippen molar-refractivity contribution in [2.24, 2.45) is 0 Å². The van der Waals surface area contributed by atoms with Crippen LogP contribution in [0.5, 0.6) is 5.88 Å². The van der Waals surface area contributed by atoms with Crippen molar-refractivity contribution in [3.05, 3.63) is 36.3 Å². The highest BCUT2D eigenvalue weighted by molar-refractivity contribution is 7.91. The van der Waals surface area contributed by atoms with Crippen LogP contribution in [0.25, 0.3) is 0 Å². The molecule has 0 saturated heterocycles. The molecule has 0 aliphatic heterocycles. The predicted octanol–water partition coefficient (Wildman–Crippen LogP) is 1.53. The third kappa shape index (κ3) is 3.64. The first-order valence-electron chi connectivity index (χ1n) is 5.77. The number of hydrogen-bond acceptors (Lipinski definition) is 7. The molecular weight excluding hydrogens is 278 g/mol. The van der Waals surface area contributed by atoms with E-state index in [0.29, 0.717) is 18.2 Å². The van der Waals surface area contributed by atoms with Gasteiger partial charge in [0.25, 0.3) is 0 Å². The molecule has 20 heavy (non-hydrogen) atoms. The molecule has 2 N–H and O–H groups in total. The number of pyridine rings is 1. The SMILES string of the molecule is COc1cncc(NCc2ccc(S(C)(=N)=O)nc2)n1. The van der Waals surface area contributed by atoms with Crippen molar-refractivity contribution < 1.29 is 8.95 Å². The molecule has 0 fully saturated rings. The zero-order valence-electron chi connectivity index (χ0n) is 11.2. The summed E-state index contributed by atoms with van der Waals surface area (Å²) in [4.78, 5) is 12.2. The van der Waals surface area contributed by atoms with Crippen LogP contribution in [-0.2, 0) is 16.3 Å². The lowest BCUT2D eigenvalue weighted by Gasteiger charge is -2.07. The molecular formula is C12H15N5O2S. The molecule has 1 atom stereocenters. The average Bonchev–Trinajstić information content (AvgIpc) is 2.45. The minimum Gasteiger partial charge on any atom is -0.480 e. The molecule has 0 spiro atoms. The van der Waals surface area contributed by atoms with Gasteiger partial charge in [0.1, 0.15) is 10.8 Å². The fourth-order valence-corrected chi connectivity index (χ4v) is 2.05. The molecule has 2 rings (SSSR count). The van der Waals surface area contributed by atoms with Gasteiger partial charge in [0.05, 0.1) is 29.2 Å². The fourth-order valence-electron chi connectivity index (χ4n) is 1.47. The van der Waals surface area contributed by atoms with Gasteiger partial charge in [-0.05, 0) is 11.6 Å². The second-order valence-electron chi connectivity index (χ2n) is 4.15. The van der Waals surface area contributed by atoms with Gasteiger partial charge < -0.3 is 10.1 Å². The van der Waals surface area contributed by atoms with Crippen molar-refractivity contribution >= 4 is 15.5 Å². The second kappa shape index (κ2) is 5.83. The first kappa shape index (κ1) is 14.2. The normalized spacial score (nSPS) is 13.5. The summed E-state index contributed by atoms with van der Waals surface area (Å²) in [5.74, 6) is 1.02. The van der Waals surface area contributed by atoms with Gasteiger partial charge in [0.15, 0.2) is 0 Å². The minimum atomic E-state index is -2.77. The minimum absolute atomic E-state index is 0.280. The summed E-state index contributed by atoms with van der Waals surface area (Å²) in [6.07, 6.45) is 6.05. The van der Waals surface area contributed by atoms with E-state index >= 15 is 0 Å². The number of hydrogen-bond donors (Lipinski definition) is 2. The molecule has 0 aromatic carbocycles. The van der Waals surface area contributed by atoms with Crippen LogP contribution in [0.4, 0.5) is 5.82 Å². The van der Waals surface area contributed by atoms with E-state index in [1.165, 1.54) is 19.6 Å². The average molecular weight is 293 g/mol. The van der Waals surface area contributed by atoms with Crippen LogP contribution in [0.15, 0.2) is 35.7 Å². The number of anilines is 1. The predicted molar refractivity (Wildman–Crippen MR) is 75.2 cm³/mol. The Kier molecular flexibility index (Phi) is 4.14. The van der Waals surface area contributed by atoms with E-state index in [1.54, 1.807) is 24.5 Å². The van der Waals surface area contributed by atoms with Gasteiger partial charge in [-0.1, -0.05) is 6.07 Å². The van der Waals surface area contributed by atoms with E-state index in [-0.39, 0.29) is 5.03 Å². The second-order valence-corrected chi connectivity index (χ2v) is 6.25. The topological polar surface area (TPSA) is 101 Å². The smallest absolute Gasteiger partial charge is 0.233 e. The summed E-state index contributed by atoms with van der Waals surface area (Å²) in [5, 5.41) is 3.36. The molecule has 0 aliphatic carbocycles. The van der Waals surface area contributed by atoms with Crippen LogP contribution in [0.2, 0.25) is 0 Å². The maximum atomic E-state index is 11.5. The van der Waals surface area contributed by atoms with Gasteiger partial charge in [0, 0.05) is 19.0 Å². The van der Waals surface area contributed by atoms with E-state index < -0.39 is 9.73 Å². The van der Waals surface area contributed by atoms with Crippen molar-refractivity contribution in [1.29, 1.82) is 4.78 Å². The molecule has 1 unspecified atom stereocenters. The van der Waals surface area contributed by atoms with E-state index in [2.05, 4.69) is 20.3 Å². The lowest BCUT2D eigenvalue weighted by atomic mass is 10.3. The third-order valence-electron chi connectivity index (χ3n) is 2.49.